The molecule has 2 fully saturated rings. The lowest BCUT2D eigenvalue weighted by atomic mass is 9.99. The Bertz CT molecular complexity index is 1760. The van der Waals surface area contributed by atoms with Crippen molar-refractivity contribution in [3.8, 4) is 12.1 Å². The molecule has 4 heterocycles. The second-order valence-corrected chi connectivity index (χ2v) is 15.3. The fourth-order valence-corrected chi connectivity index (χ4v) is 8.99. The summed E-state index contributed by atoms with van der Waals surface area (Å²) < 4.78 is 21.2. The lowest BCUT2D eigenvalue weighted by Crippen LogP contribution is -2.55. The van der Waals surface area contributed by atoms with Crippen LogP contribution in [0.4, 0.5) is 15.9 Å². The van der Waals surface area contributed by atoms with Crippen LogP contribution < -0.4 is 14.5 Å². The van der Waals surface area contributed by atoms with Crippen molar-refractivity contribution < 1.29 is 13.9 Å². The summed E-state index contributed by atoms with van der Waals surface area (Å²) in [6.45, 7) is 9.66. The number of allylic oxidation sites excluding steroid dienone is 1. The molecule has 0 N–H and O–H groups in total. The van der Waals surface area contributed by atoms with Gasteiger partial charge in [-0.2, -0.15) is 15.2 Å². The number of ether oxygens (including phenoxy) is 1. The molecule has 0 saturated carbocycles. The van der Waals surface area contributed by atoms with Crippen molar-refractivity contribution in [2.45, 2.75) is 56.2 Å². The van der Waals surface area contributed by atoms with Gasteiger partial charge in [-0.25, -0.2) is 4.39 Å². The Hall–Kier alpha value is -3.79. The first-order valence-corrected chi connectivity index (χ1v) is 19.3. The van der Waals surface area contributed by atoms with E-state index in [-0.39, 0.29) is 24.0 Å². The van der Waals surface area contributed by atoms with Crippen LogP contribution in [0.1, 0.15) is 29.7 Å². The normalized spacial score (nSPS) is 22.8. The van der Waals surface area contributed by atoms with E-state index in [2.05, 4.69) is 86.6 Å². The van der Waals surface area contributed by atoms with Gasteiger partial charge in [-0.05, 0) is 55.9 Å². The van der Waals surface area contributed by atoms with Crippen LogP contribution in [0.25, 0.3) is 10.8 Å². The smallest absolute Gasteiger partial charge is 0.318 e. The van der Waals surface area contributed by atoms with Gasteiger partial charge in [0.1, 0.15) is 11.5 Å². The Morgan fingerprint density at radius 1 is 1.22 bits per heavy atom. The van der Waals surface area contributed by atoms with E-state index in [0.29, 0.717) is 66.6 Å². The van der Waals surface area contributed by atoms with E-state index in [1.807, 2.05) is 7.05 Å². The summed E-state index contributed by atoms with van der Waals surface area (Å²) in [6.07, 6.45) is 6.24. The quantitative estimate of drug-likeness (QED) is 0.0845. The van der Waals surface area contributed by atoms with Gasteiger partial charge >= 0.3 is 6.01 Å². The molecule has 1 aromatic heterocycles. The molecule has 1 amide bonds. The third-order valence-corrected chi connectivity index (χ3v) is 11.8. The van der Waals surface area contributed by atoms with E-state index >= 15 is 0 Å². The molecule has 3 aromatic rings. The van der Waals surface area contributed by atoms with Crippen LogP contribution in [0, 0.1) is 18.3 Å². The summed E-state index contributed by atoms with van der Waals surface area (Å²) in [6, 6.07) is 16.0. The van der Waals surface area contributed by atoms with Gasteiger partial charge in [-0.3, -0.25) is 4.79 Å². The number of nitriles is 1. The molecule has 0 bridgehead atoms. The topological polar surface area (TPSA) is 88.8 Å². The summed E-state index contributed by atoms with van der Waals surface area (Å²) in [7, 11) is 2.48. The van der Waals surface area contributed by atoms with E-state index in [4.69, 9.17) is 14.7 Å². The van der Waals surface area contributed by atoms with Crippen molar-refractivity contribution in [1.29, 1.82) is 5.26 Å². The largest absolute Gasteiger partial charge is 0.464 e. The minimum atomic E-state index is -1.33. The molecule has 2 unspecified atom stereocenters. The van der Waals surface area contributed by atoms with Crippen LogP contribution in [-0.2, 0) is 17.8 Å². The van der Waals surface area contributed by atoms with Crippen molar-refractivity contribution >= 4 is 53.6 Å². The number of anilines is 2. The summed E-state index contributed by atoms with van der Waals surface area (Å²) in [5.41, 5.74) is 3.27. The monoisotopic (exact) mass is 743 g/mol. The van der Waals surface area contributed by atoms with Gasteiger partial charge in [-0.1, -0.05) is 65.0 Å². The molecule has 256 valence electrons. The first-order chi connectivity index (χ1) is 23.7. The first kappa shape index (κ1) is 35.0. The van der Waals surface area contributed by atoms with Gasteiger partial charge in [0, 0.05) is 60.4 Å². The molecule has 49 heavy (non-hydrogen) atoms. The minimum absolute atomic E-state index is 0.0825. The van der Waals surface area contributed by atoms with Crippen LogP contribution in [0.15, 0.2) is 61.2 Å². The molecule has 12 heteroatoms. The Labute approximate surface area is 299 Å². The molecule has 0 spiro atoms. The SMILES string of the molecule is C=CC1(F)CC([Si]CCOc2nc3c(c(N4CCN(C(=O)/C=C/CBr)[C@@H](CC#N)C4)n2)CCN(c2cccc4cccc(C)c24)C3)N(C)C1. The maximum absolute atomic E-state index is 14.9. The Kier molecular flexibility index (Phi) is 11.0. The van der Waals surface area contributed by atoms with Crippen LogP contribution >= 0.6 is 15.9 Å². The van der Waals surface area contributed by atoms with Crippen molar-refractivity contribution in [2.24, 2.45) is 0 Å². The lowest BCUT2D eigenvalue weighted by Gasteiger charge is -2.42. The molecule has 0 aliphatic carbocycles. The van der Waals surface area contributed by atoms with Crippen LogP contribution in [-0.4, -0.2) is 104 Å². The van der Waals surface area contributed by atoms with Crippen LogP contribution in [0.2, 0.25) is 6.04 Å². The maximum Gasteiger partial charge on any atom is 0.318 e. The summed E-state index contributed by atoms with van der Waals surface area (Å²) >= 11 is 3.35. The Morgan fingerprint density at radius 2 is 2.04 bits per heavy atom. The highest BCUT2D eigenvalue weighted by molar-refractivity contribution is 9.09. The zero-order valence-corrected chi connectivity index (χ0v) is 30.8. The number of likely N-dealkylation sites (tertiary alicyclic amines) is 1. The van der Waals surface area contributed by atoms with Gasteiger partial charge < -0.3 is 24.3 Å². The highest BCUT2D eigenvalue weighted by atomic mass is 79.9. The number of alkyl halides is 2. The fourth-order valence-electron chi connectivity index (χ4n) is 7.36. The highest BCUT2D eigenvalue weighted by Crippen LogP contribution is 2.36. The van der Waals surface area contributed by atoms with E-state index < -0.39 is 5.67 Å². The first-order valence-electron chi connectivity index (χ1n) is 16.9. The number of fused-ring (bicyclic) bond motifs is 2. The number of halogens is 2. The number of hydrogen-bond acceptors (Lipinski definition) is 8. The molecule has 2 aromatic carbocycles. The predicted octanol–water partition coefficient (Wildman–Crippen LogP) is 5.44. The zero-order valence-electron chi connectivity index (χ0n) is 28.2. The average Bonchev–Trinajstić information content (AvgIpc) is 3.41. The number of hydrogen-bond donors (Lipinski definition) is 0. The summed E-state index contributed by atoms with van der Waals surface area (Å²) in [5, 5.41) is 12.7. The number of aryl methyl sites for hydroxylation is 1. The molecule has 2 saturated heterocycles. The molecular weight excluding hydrogens is 701 g/mol. The number of benzene rings is 2. The van der Waals surface area contributed by atoms with E-state index in [0.717, 1.165) is 36.1 Å². The lowest BCUT2D eigenvalue weighted by molar-refractivity contribution is -0.128. The van der Waals surface area contributed by atoms with Gasteiger partial charge in [0.15, 0.2) is 0 Å². The third kappa shape index (κ3) is 7.69. The number of nitrogens with zero attached hydrogens (tertiary/aromatic N) is 7. The average molecular weight is 745 g/mol. The molecule has 3 aliphatic heterocycles. The minimum Gasteiger partial charge on any atom is -0.464 e. The molecular formula is C37H43BrFN7O2Si. The second-order valence-electron chi connectivity index (χ2n) is 13.1. The van der Waals surface area contributed by atoms with E-state index in [9.17, 15) is 14.4 Å². The molecule has 2 radical (unpaired) electrons. The number of carbonyl (C=O) groups excluding carboxylic acids is 1. The molecule has 9 nitrogen and oxygen atoms in total. The fraction of sp³-hybridized carbons (Fsp3) is 0.459. The van der Waals surface area contributed by atoms with Gasteiger partial charge in [0.2, 0.25) is 5.91 Å². The van der Waals surface area contributed by atoms with Crippen molar-refractivity contribution in [1.82, 2.24) is 19.8 Å². The summed E-state index contributed by atoms with van der Waals surface area (Å²) in [5.74, 6) is 0.743. The van der Waals surface area contributed by atoms with Crippen LogP contribution in [0.3, 0.4) is 0 Å². The zero-order chi connectivity index (χ0) is 34.5. The Balaban J connectivity index is 1.26. The predicted molar refractivity (Wildman–Crippen MR) is 197 cm³/mol. The molecule has 6 rings (SSSR count). The van der Waals surface area contributed by atoms with Crippen molar-refractivity contribution in [3.05, 3.63) is 78.0 Å². The number of aromatic nitrogens is 2. The highest BCUT2D eigenvalue weighted by Gasteiger charge is 2.40. The Morgan fingerprint density at radius 3 is 2.80 bits per heavy atom. The third-order valence-electron chi connectivity index (χ3n) is 9.85. The van der Waals surface area contributed by atoms with Crippen LogP contribution in [0.5, 0.6) is 6.01 Å². The summed E-state index contributed by atoms with van der Waals surface area (Å²) in [4.78, 5) is 31.4. The standard InChI is InChI=1S/C37H43BrFN7O2Si/c1-4-37(39)22-33(43(3)25-37)49-21-20-48-36-41-30-24-44(31-11-6-10-27-9-5-8-26(2)34(27)31)17-14-29(30)35(42-36)45-18-19-46(28(23-45)13-16-40)32(47)12-7-15-38/h4-12,28,33H,1,13-15,17-25H2,2-3H3/b12-7+/t28-,33?,37?/m0/s1. The number of piperazine rings is 1. The second kappa shape index (κ2) is 15.4. The number of amides is 1. The maximum atomic E-state index is 14.9. The van der Waals surface area contributed by atoms with E-state index in [1.165, 1.54) is 28.1 Å². The molecule has 3 aliphatic rings. The number of rotatable bonds is 11. The van der Waals surface area contributed by atoms with Gasteiger partial charge in [-0.15, -0.1) is 0 Å². The van der Waals surface area contributed by atoms with E-state index in [1.54, 1.807) is 17.1 Å². The van der Waals surface area contributed by atoms with Gasteiger partial charge in [0.05, 0.1) is 46.9 Å². The van der Waals surface area contributed by atoms with Crippen molar-refractivity contribution in [3.63, 3.8) is 0 Å². The van der Waals surface area contributed by atoms with Gasteiger partial charge in [0.25, 0.3) is 0 Å². The number of carbonyl (C=O) groups is 1. The van der Waals surface area contributed by atoms with Crippen molar-refractivity contribution in [2.75, 3.05) is 61.5 Å². The molecule has 3 atom stereocenters.